The summed E-state index contributed by atoms with van der Waals surface area (Å²) < 4.78 is 5.57. The Morgan fingerprint density at radius 2 is 2.00 bits per heavy atom. The molecular weight excluding hydrogens is 202 g/mol. The maximum Gasteiger partial charge on any atom is 0.119 e. The van der Waals surface area contributed by atoms with Crippen LogP contribution in [0.5, 0.6) is 5.75 Å². The maximum atomic E-state index is 9.25. The molecule has 0 aromatic heterocycles. The summed E-state index contributed by atoms with van der Waals surface area (Å²) in [7, 11) is 0. The number of benzene rings is 1. The number of nitrogens with one attached hydrogen (secondary N) is 1. The molecule has 1 aliphatic carbocycles. The number of para-hydroxylation sites is 1. The lowest BCUT2D eigenvalue weighted by molar-refractivity contribution is 0.0847. The molecule has 0 atom stereocenters. The van der Waals surface area contributed by atoms with Gasteiger partial charge >= 0.3 is 0 Å². The van der Waals surface area contributed by atoms with Crippen LogP contribution in [-0.2, 0) is 0 Å². The number of aliphatic hydroxyl groups excluding tert-OH is 1. The van der Waals surface area contributed by atoms with Gasteiger partial charge in [-0.1, -0.05) is 18.2 Å². The Balaban J connectivity index is 1.65. The van der Waals surface area contributed by atoms with E-state index in [4.69, 9.17) is 4.74 Å². The smallest absolute Gasteiger partial charge is 0.119 e. The van der Waals surface area contributed by atoms with Crippen LogP contribution in [0.25, 0.3) is 0 Å². The van der Waals surface area contributed by atoms with E-state index < -0.39 is 0 Å². The molecule has 1 aromatic rings. The molecule has 3 nitrogen and oxygen atoms in total. The van der Waals surface area contributed by atoms with Gasteiger partial charge in [0.05, 0.1) is 6.61 Å². The van der Waals surface area contributed by atoms with Crippen molar-refractivity contribution in [2.24, 2.45) is 0 Å². The maximum absolute atomic E-state index is 9.25. The van der Waals surface area contributed by atoms with E-state index in [-0.39, 0.29) is 12.1 Å². The van der Waals surface area contributed by atoms with E-state index in [1.54, 1.807) is 0 Å². The summed E-state index contributed by atoms with van der Waals surface area (Å²) in [5.74, 6) is 0.899. The minimum absolute atomic E-state index is 0.0138. The second kappa shape index (κ2) is 5.32. The molecule has 0 saturated heterocycles. The lowest BCUT2D eigenvalue weighted by atomic mass is 9.77. The quantitative estimate of drug-likeness (QED) is 0.716. The monoisotopic (exact) mass is 221 g/mol. The molecule has 0 amide bonds. The van der Waals surface area contributed by atoms with Crippen molar-refractivity contribution in [3.63, 3.8) is 0 Å². The molecule has 88 valence electrons. The zero-order chi connectivity index (χ0) is 11.3. The highest BCUT2D eigenvalue weighted by Crippen LogP contribution is 2.30. The lowest BCUT2D eigenvalue weighted by Crippen LogP contribution is -2.54. The van der Waals surface area contributed by atoms with Crippen molar-refractivity contribution >= 4 is 0 Å². The van der Waals surface area contributed by atoms with Gasteiger partial charge in [0.2, 0.25) is 0 Å². The molecular formula is C13H19NO2. The van der Waals surface area contributed by atoms with Crippen molar-refractivity contribution in [1.29, 1.82) is 0 Å². The summed E-state index contributed by atoms with van der Waals surface area (Å²) in [6.45, 7) is 1.67. The second-order valence-electron chi connectivity index (χ2n) is 4.38. The first kappa shape index (κ1) is 11.4. The van der Waals surface area contributed by atoms with Crippen LogP contribution in [0, 0.1) is 0 Å². The van der Waals surface area contributed by atoms with E-state index >= 15 is 0 Å². The van der Waals surface area contributed by atoms with Gasteiger partial charge in [-0.05, 0) is 31.4 Å². The minimum Gasteiger partial charge on any atom is -0.492 e. The SMILES string of the molecule is OCC1(NCCOc2ccccc2)CCC1. The van der Waals surface area contributed by atoms with Gasteiger partial charge in [0.1, 0.15) is 12.4 Å². The van der Waals surface area contributed by atoms with E-state index in [1.165, 1.54) is 6.42 Å². The summed E-state index contributed by atoms with van der Waals surface area (Å²) in [5, 5.41) is 12.6. The zero-order valence-electron chi connectivity index (χ0n) is 9.48. The van der Waals surface area contributed by atoms with Crippen LogP contribution in [-0.4, -0.2) is 30.4 Å². The highest BCUT2D eigenvalue weighted by molar-refractivity contribution is 5.20. The van der Waals surface area contributed by atoms with Crippen molar-refractivity contribution in [1.82, 2.24) is 5.32 Å². The van der Waals surface area contributed by atoms with Crippen LogP contribution in [0.4, 0.5) is 0 Å². The molecule has 0 aliphatic heterocycles. The third kappa shape index (κ3) is 2.74. The molecule has 2 rings (SSSR count). The van der Waals surface area contributed by atoms with Gasteiger partial charge in [0.25, 0.3) is 0 Å². The van der Waals surface area contributed by atoms with E-state index in [0.29, 0.717) is 6.61 Å². The van der Waals surface area contributed by atoms with Gasteiger partial charge in [0, 0.05) is 12.1 Å². The number of rotatable bonds is 6. The Bertz CT molecular complexity index is 303. The van der Waals surface area contributed by atoms with Crippen molar-refractivity contribution in [2.45, 2.75) is 24.8 Å². The number of hydrogen-bond acceptors (Lipinski definition) is 3. The van der Waals surface area contributed by atoms with E-state index in [0.717, 1.165) is 25.1 Å². The topological polar surface area (TPSA) is 41.5 Å². The van der Waals surface area contributed by atoms with Crippen LogP contribution in [0.1, 0.15) is 19.3 Å². The Kier molecular flexibility index (Phi) is 3.80. The van der Waals surface area contributed by atoms with Crippen molar-refractivity contribution < 1.29 is 9.84 Å². The molecule has 3 heteroatoms. The van der Waals surface area contributed by atoms with Gasteiger partial charge in [-0.25, -0.2) is 0 Å². The summed E-state index contributed by atoms with van der Waals surface area (Å²) in [5.41, 5.74) is -0.0138. The fourth-order valence-electron chi connectivity index (χ4n) is 2.00. The predicted molar refractivity (Wildman–Crippen MR) is 63.6 cm³/mol. The average molecular weight is 221 g/mol. The first-order valence-corrected chi connectivity index (χ1v) is 5.88. The minimum atomic E-state index is -0.0138. The van der Waals surface area contributed by atoms with Crippen LogP contribution < -0.4 is 10.1 Å². The van der Waals surface area contributed by atoms with Gasteiger partial charge in [-0.15, -0.1) is 0 Å². The fraction of sp³-hybridized carbons (Fsp3) is 0.538. The highest BCUT2D eigenvalue weighted by Gasteiger charge is 2.35. The first-order valence-electron chi connectivity index (χ1n) is 5.88. The molecule has 2 N–H and O–H groups in total. The number of hydrogen-bond donors (Lipinski definition) is 2. The molecule has 0 spiro atoms. The lowest BCUT2D eigenvalue weighted by Gasteiger charge is -2.41. The third-order valence-electron chi connectivity index (χ3n) is 3.23. The Morgan fingerprint density at radius 1 is 1.25 bits per heavy atom. The highest BCUT2D eigenvalue weighted by atomic mass is 16.5. The molecule has 0 radical (unpaired) electrons. The summed E-state index contributed by atoms with van der Waals surface area (Å²) in [6.07, 6.45) is 3.37. The normalized spacial score (nSPS) is 17.8. The van der Waals surface area contributed by atoms with Crippen molar-refractivity contribution in [3.05, 3.63) is 30.3 Å². The van der Waals surface area contributed by atoms with E-state index in [9.17, 15) is 5.11 Å². The molecule has 1 saturated carbocycles. The standard InChI is InChI=1S/C13H19NO2/c15-11-13(7-4-8-13)14-9-10-16-12-5-2-1-3-6-12/h1-3,5-6,14-15H,4,7-11H2. The van der Waals surface area contributed by atoms with Gasteiger partial charge in [-0.2, -0.15) is 0 Å². The summed E-state index contributed by atoms with van der Waals surface area (Å²) in [4.78, 5) is 0. The molecule has 0 heterocycles. The Labute approximate surface area is 96.4 Å². The zero-order valence-corrected chi connectivity index (χ0v) is 9.48. The summed E-state index contributed by atoms with van der Waals surface area (Å²) in [6, 6.07) is 9.80. The molecule has 1 aromatic carbocycles. The molecule has 16 heavy (non-hydrogen) atoms. The Morgan fingerprint density at radius 3 is 2.56 bits per heavy atom. The summed E-state index contributed by atoms with van der Waals surface area (Å²) >= 11 is 0. The average Bonchev–Trinajstić information content (AvgIpc) is 2.29. The molecule has 1 aliphatic rings. The molecule has 0 unspecified atom stereocenters. The second-order valence-corrected chi connectivity index (χ2v) is 4.38. The van der Waals surface area contributed by atoms with Crippen LogP contribution in [0.15, 0.2) is 30.3 Å². The largest absolute Gasteiger partial charge is 0.492 e. The van der Waals surface area contributed by atoms with Gasteiger partial charge in [0.15, 0.2) is 0 Å². The van der Waals surface area contributed by atoms with E-state index in [2.05, 4.69) is 5.32 Å². The Hall–Kier alpha value is -1.06. The van der Waals surface area contributed by atoms with Crippen LogP contribution in [0.2, 0.25) is 0 Å². The number of ether oxygens (including phenoxy) is 1. The van der Waals surface area contributed by atoms with Gasteiger partial charge < -0.3 is 15.2 Å². The van der Waals surface area contributed by atoms with Gasteiger partial charge in [-0.3, -0.25) is 0 Å². The van der Waals surface area contributed by atoms with E-state index in [1.807, 2.05) is 30.3 Å². The third-order valence-corrected chi connectivity index (χ3v) is 3.23. The van der Waals surface area contributed by atoms with Crippen LogP contribution in [0.3, 0.4) is 0 Å². The van der Waals surface area contributed by atoms with Crippen molar-refractivity contribution in [3.8, 4) is 5.75 Å². The van der Waals surface area contributed by atoms with Crippen LogP contribution >= 0.6 is 0 Å². The molecule has 0 bridgehead atoms. The first-order chi connectivity index (χ1) is 7.85. The van der Waals surface area contributed by atoms with Crippen molar-refractivity contribution in [2.75, 3.05) is 19.8 Å². The fourth-order valence-corrected chi connectivity index (χ4v) is 2.00. The number of aliphatic hydroxyl groups is 1. The molecule has 1 fully saturated rings. The predicted octanol–water partition coefficient (Wildman–Crippen LogP) is 1.57.